The average molecular weight is 259 g/mol. The van der Waals surface area contributed by atoms with E-state index in [4.69, 9.17) is 0 Å². The first-order valence-electron chi connectivity index (χ1n) is 6.70. The predicted octanol–water partition coefficient (Wildman–Crippen LogP) is 2.12. The number of fused-ring (bicyclic) bond motifs is 3. The van der Waals surface area contributed by atoms with Gasteiger partial charge in [0.2, 0.25) is 0 Å². The molecule has 0 radical (unpaired) electrons. The third kappa shape index (κ3) is 3.02. The summed E-state index contributed by atoms with van der Waals surface area (Å²) < 4.78 is 23.0. The van der Waals surface area contributed by atoms with Crippen LogP contribution in [0.5, 0.6) is 0 Å². The van der Waals surface area contributed by atoms with Gasteiger partial charge in [-0.15, -0.1) is 0 Å². The highest BCUT2D eigenvalue weighted by molar-refractivity contribution is 7.90. The fourth-order valence-electron chi connectivity index (χ4n) is 3.86. The summed E-state index contributed by atoms with van der Waals surface area (Å²) in [5.74, 6) is 0.401. The molecule has 0 amide bonds. The van der Waals surface area contributed by atoms with Crippen LogP contribution in [0.1, 0.15) is 52.4 Å². The lowest BCUT2D eigenvalue weighted by Gasteiger charge is -2.54. The minimum Gasteiger partial charge on any atom is -0.309 e. The lowest BCUT2D eigenvalue weighted by atomic mass is 9.58. The van der Waals surface area contributed by atoms with Gasteiger partial charge in [0.25, 0.3) is 0 Å². The summed E-state index contributed by atoms with van der Waals surface area (Å²) in [6, 6.07) is 0.524. The van der Waals surface area contributed by atoms with Crippen LogP contribution in [0, 0.1) is 5.41 Å². The molecule has 3 aliphatic carbocycles. The minimum atomic E-state index is -2.83. The van der Waals surface area contributed by atoms with Crippen LogP contribution in [0.15, 0.2) is 0 Å². The first kappa shape index (κ1) is 13.3. The highest BCUT2D eigenvalue weighted by Gasteiger charge is 2.49. The van der Waals surface area contributed by atoms with E-state index in [0.717, 1.165) is 38.5 Å². The molecule has 3 nitrogen and oxygen atoms in total. The molecule has 0 aromatic carbocycles. The third-order valence-corrected chi connectivity index (χ3v) is 5.70. The van der Waals surface area contributed by atoms with Crippen LogP contribution in [0.3, 0.4) is 0 Å². The Hall–Kier alpha value is -0.0900. The van der Waals surface area contributed by atoms with Crippen molar-refractivity contribution in [1.29, 1.82) is 0 Å². The summed E-state index contributed by atoms with van der Waals surface area (Å²) in [6.07, 6.45) is 8.09. The first-order chi connectivity index (χ1) is 7.74. The summed E-state index contributed by atoms with van der Waals surface area (Å²) in [5, 5.41) is 3.71. The minimum absolute atomic E-state index is 0.105. The van der Waals surface area contributed by atoms with Crippen LogP contribution in [0.4, 0.5) is 0 Å². The second kappa shape index (κ2) is 4.23. The zero-order chi connectivity index (χ0) is 12.7. The van der Waals surface area contributed by atoms with E-state index < -0.39 is 9.84 Å². The number of sulfone groups is 1. The molecule has 3 fully saturated rings. The van der Waals surface area contributed by atoms with E-state index in [9.17, 15) is 8.42 Å². The number of hydrogen-bond acceptors (Lipinski definition) is 3. The molecule has 2 bridgehead atoms. The molecule has 17 heavy (non-hydrogen) atoms. The standard InChI is InChI=1S/C13H25NO2S/c1-11(2)14-13-7-4-12(5-8-13,6-9-13)10-17(3,15)16/h11,14H,4-10H2,1-3H3. The molecule has 0 unspecified atom stereocenters. The van der Waals surface area contributed by atoms with Crippen molar-refractivity contribution in [2.45, 2.75) is 64.0 Å². The molecule has 0 aromatic rings. The van der Waals surface area contributed by atoms with Crippen LogP contribution < -0.4 is 5.32 Å². The van der Waals surface area contributed by atoms with Crippen molar-refractivity contribution in [3.8, 4) is 0 Å². The molecule has 0 atom stereocenters. The second-order valence-electron chi connectivity index (χ2n) is 6.65. The molecule has 0 saturated heterocycles. The Balaban J connectivity index is 2.04. The molecule has 0 spiro atoms. The van der Waals surface area contributed by atoms with Crippen molar-refractivity contribution in [3.63, 3.8) is 0 Å². The van der Waals surface area contributed by atoms with Crippen LogP contribution in [-0.4, -0.2) is 32.0 Å². The Kier molecular flexibility index (Phi) is 3.32. The maximum atomic E-state index is 11.5. The van der Waals surface area contributed by atoms with E-state index in [1.165, 1.54) is 6.26 Å². The van der Waals surface area contributed by atoms with E-state index in [1.807, 2.05) is 0 Å². The van der Waals surface area contributed by atoms with Crippen molar-refractivity contribution < 1.29 is 8.42 Å². The number of rotatable bonds is 4. The Morgan fingerprint density at radius 2 is 1.53 bits per heavy atom. The van der Waals surface area contributed by atoms with Gasteiger partial charge in [-0.3, -0.25) is 0 Å². The molecule has 3 aliphatic rings. The highest BCUT2D eigenvalue weighted by atomic mass is 32.2. The summed E-state index contributed by atoms with van der Waals surface area (Å²) in [6.45, 7) is 4.39. The summed E-state index contributed by atoms with van der Waals surface area (Å²) in [7, 11) is -2.83. The zero-order valence-electron chi connectivity index (χ0n) is 11.3. The molecule has 3 rings (SSSR count). The van der Waals surface area contributed by atoms with Gasteiger partial charge in [-0.25, -0.2) is 8.42 Å². The summed E-state index contributed by atoms with van der Waals surface area (Å²) in [4.78, 5) is 0. The Labute approximate surface area is 105 Å². The van der Waals surface area contributed by atoms with Gasteiger partial charge in [0.15, 0.2) is 0 Å². The van der Waals surface area contributed by atoms with Crippen LogP contribution in [0.25, 0.3) is 0 Å². The molecule has 0 heterocycles. The quantitative estimate of drug-likeness (QED) is 0.841. The van der Waals surface area contributed by atoms with Gasteiger partial charge >= 0.3 is 0 Å². The molecule has 0 aliphatic heterocycles. The lowest BCUT2D eigenvalue weighted by molar-refractivity contribution is 0.0345. The van der Waals surface area contributed by atoms with Gasteiger partial charge in [0, 0.05) is 17.8 Å². The number of hydrogen-bond donors (Lipinski definition) is 1. The van der Waals surface area contributed by atoms with Crippen LogP contribution >= 0.6 is 0 Å². The molecule has 4 heteroatoms. The first-order valence-corrected chi connectivity index (χ1v) is 8.76. The van der Waals surface area contributed by atoms with Crippen molar-refractivity contribution in [1.82, 2.24) is 5.32 Å². The molecule has 3 saturated carbocycles. The van der Waals surface area contributed by atoms with Gasteiger partial charge in [-0.1, -0.05) is 13.8 Å². The number of nitrogens with one attached hydrogen (secondary N) is 1. The van der Waals surface area contributed by atoms with E-state index in [1.54, 1.807) is 0 Å². The van der Waals surface area contributed by atoms with Crippen molar-refractivity contribution in [2.24, 2.45) is 5.41 Å². The third-order valence-electron chi connectivity index (χ3n) is 4.56. The fourth-order valence-corrected chi connectivity index (χ4v) is 5.41. The SMILES string of the molecule is CC(C)NC12CCC(CS(C)(=O)=O)(CC1)CC2. The van der Waals surface area contributed by atoms with E-state index >= 15 is 0 Å². The molecular formula is C13H25NO2S. The van der Waals surface area contributed by atoms with Gasteiger partial charge in [0.1, 0.15) is 9.84 Å². The predicted molar refractivity (Wildman–Crippen MR) is 70.8 cm³/mol. The largest absolute Gasteiger partial charge is 0.309 e. The van der Waals surface area contributed by atoms with Crippen LogP contribution in [-0.2, 0) is 9.84 Å². The van der Waals surface area contributed by atoms with Crippen molar-refractivity contribution in [2.75, 3.05) is 12.0 Å². The Morgan fingerprint density at radius 3 is 1.88 bits per heavy atom. The molecule has 0 aromatic heterocycles. The summed E-state index contributed by atoms with van der Waals surface area (Å²) >= 11 is 0. The van der Waals surface area contributed by atoms with E-state index in [0.29, 0.717) is 17.3 Å². The molecule has 1 N–H and O–H groups in total. The fraction of sp³-hybridized carbons (Fsp3) is 1.00. The topological polar surface area (TPSA) is 46.2 Å². The smallest absolute Gasteiger partial charge is 0.148 e. The highest BCUT2D eigenvalue weighted by Crippen LogP contribution is 2.52. The van der Waals surface area contributed by atoms with Gasteiger partial charge in [-0.2, -0.15) is 0 Å². The van der Waals surface area contributed by atoms with Gasteiger partial charge in [0.05, 0.1) is 5.75 Å². The molecular weight excluding hydrogens is 234 g/mol. The van der Waals surface area contributed by atoms with Gasteiger partial charge in [-0.05, 0) is 43.9 Å². The normalized spacial score (nSPS) is 37.6. The Bertz CT molecular complexity index is 362. The monoisotopic (exact) mass is 259 g/mol. The summed E-state index contributed by atoms with van der Waals surface area (Å²) in [5.41, 5.74) is 0.418. The van der Waals surface area contributed by atoms with Crippen molar-refractivity contribution >= 4 is 9.84 Å². The van der Waals surface area contributed by atoms with Crippen molar-refractivity contribution in [3.05, 3.63) is 0 Å². The Morgan fingerprint density at radius 1 is 1.06 bits per heavy atom. The lowest BCUT2D eigenvalue weighted by Crippen LogP contribution is -2.57. The average Bonchev–Trinajstić information content (AvgIpc) is 2.17. The zero-order valence-corrected chi connectivity index (χ0v) is 12.1. The second-order valence-corrected chi connectivity index (χ2v) is 8.79. The van der Waals surface area contributed by atoms with E-state index in [2.05, 4.69) is 19.2 Å². The molecule has 100 valence electrons. The van der Waals surface area contributed by atoms with E-state index in [-0.39, 0.29) is 5.41 Å². The van der Waals surface area contributed by atoms with Gasteiger partial charge < -0.3 is 5.32 Å². The maximum Gasteiger partial charge on any atom is 0.148 e. The maximum absolute atomic E-state index is 11.5. The van der Waals surface area contributed by atoms with Crippen LogP contribution in [0.2, 0.25) is 0 Å².